The minimum absolute atomic E-state index is 0.629. The standard InChI is InChI=1S/C17H30N2/c1-3-5-6-7-8-9-14-19(4-2)17-12-10-16(15-18)11-13-17/h10-13H,3-9,14-15,18H2,1-2H3. The van der Waals surface area contributed by atoms with Crippen LogP contribution in [0.15, 0.2) is 24.3 Å². The predicted octanol–water partition coefficient (Wildman–Crippen LogP) is 4.33. The van der Waals surface area contributed by atoms with E-state index in [0.717, 1.165) is 6.54 Å². The van der Waals surface area contributed by atoms with Crippen LogP contribution in [0.2, 0.25) is 0 Å². The molecule has 0 spiro atoms. The second-order valence-electron chi connectivity index (χ2n) is 5.22. The Kier molecular flexibility index (Phi) is 8.31. The summed E-state index contributed by atoms with van der Waals surface area (Å²) >= 11 is 0. The maximum Gasteiger partial charge on any atom is 0.0366 e. The zero-order valence-corrected chi connectivity index (χ0v) is 12.7. The summed E-state index contributed by atoms with van der Waals surface area (Å²) in [5, 5.41) is 0. The van der Waals surface area contributed by atoms with E-state index in [1.165, 1.54) is 56.3 Å². The highest BCUT2D eigenvalue weighted by atomic mass is 15.1. The quantitative estimate of drug-likeness (QED) is 0.636. The lowest BCUT2D eigenvalue weighted by Gasteiger charge is -2.23. The molecule has 0 amide bonds. The number of nitrogens with two attached hydrogens (primary N) is 1. The van der Waals surface area contributed by atoms with E-state index in [1.807, 2.05) is 0 Å². The average Bonchev–Trinajstić information content (AvgIpc) is 2.47. The summed E-state index contributed by atoms with van der Waals surface area (Å²) in [6.45, 7) is 7.38. The molecule has 0 aliphatic rings. The van der Waals surface area contributed by atoms with Gasteiger partial charge in [-0.2, -0.15) is 0 Å². The molecule has 0 aliphatic carbocycles. The second-order valence-corrected chi connectivity index (χ2v) is 5.22. The first kappa shape index (κ1) is 16.0. The van der Waals surface area contributed by atoms with Gasteiger partial charge in [0.2, 0.25) is 0 Å². The Balaban J connectivity index is 2.31. The van der Waals surface area contributed by atoms with Gasteiger partial charge >= 0.3 is 0 Å². The molecule has 0 unspecified atom stereocenters. The van der Waals surface area contributed by atoms with Gasteiger partial charge in [-0.05, 0) is 31.0 Å². The molecule has 2 N–H and O–H groups in total. The molecule has 0 heterocycles. The highest BCUT2D eigenvalue weighted by molar-refractivity contribution is 5.47. The van der Waals surface area contributed by atoms with Crippen molar-refractivity contribution in [1.29, 1.82) is 0 Å². The zero-order valence-electron chi connectivity index (χ0n) is 12.7. The zero-order chi connectivity index (χ0) is 13.9. The molecular formula is C17H30N2. The van der Waals surface area contributed by atoms with Crippen LogP contribution in [0.4, 0.5) is 5.69 Å². The van der Waals surface area contributed by atoms with Crippen molar-refractivity contribution in [1.82, 2.24) is 0 Å². The third-order valence-corrected chi connectivity index (χ3v) is 3.70. The van der Waals surface area contributed by atoms with Crippen molar-refractivity contribution in [3.8, 4) is 0 Å². The molecule has 1 aromatic carbocycles. The van der Waals surface area contributed by atoms with Gasteiger partial charge in [-0.15, -0.1) is 0 Å². The van der Waals surface area contributed by atoms with Gasteiger partial charge < -0.3 is 10.6 Å². The molecule has 19 heavy (non-hydrogen) atoms. The molecular weight excluding hydrogens is 232 g/mol. The Morgan fingerprint density at radius 3 is 2.11 bits per heavy atom. The van der Waals surface area contributed by atoms with Crippen molar-refractivity contribution >= 4 is 5.69 Å². The molecule has 0 aliphatic heterocycles. The summed E-state index contributed by atoms with van der Waals surface area (Å²) in [6, 6.07) is 8.67. The van der Waals surface area contributed by atoms with Crippen LogP contribution in [-0.2, 0) is 6.54 Å². The van der Waals surface area contributed by atoms with Crippen LogP contribution in [-0.4, -0.2) is 13.1 Å². The fourth-order valence-corrected chi connectivity index (χ4v) is 2.40. The average molecular weight is 262 g/mol. The molecule has 0 bridgehead atoms. The lowest BCUT2D eigenvalue weighted by molar-refractivity contribution is 0.601. The lowest BCUT2D eigenvalue weighted by atomic mass is 10.1. The number of benzene rings is 1. The van der Waals surface area contributed by atoms with Gasteiger partial charge in [-0.1, -0.05) is 51.2 Å². The van der Waals surface area contributed by atoms with Gasteiger partial charge in [0.25, 0.3) is 0 Å². The van der Waals surface area contributed by atoms with Crippen LogP contribution in [0.25, 0.3) is 0 Å². The molecule has 108 valence electrons. The van der Waals surface area contributed by atoms with Crippen LogP contribution in [0.3, 0.4) is 0 Å². The van der Waals surface area contributed by atoms with Crippen molar-refractivity contribution < 1.29 is 0 Å². The maximum absolute atomic E-state index is 5.63. The van der Waals surface area contributed by atoms with E-state index in [4.69, 9.17) is 5.73 Å². The number of anilines is 1. The van der Waals surface area contributed by atoms with Crippen LogP contribution >= 0.6 is 0 Å². The summed E-state index contributed by atoms with van der Waals surface area (Å²) in [7, 11) is 0. The molecule has 2 nitrogen and oxygen atoms in total. The Labute approximate surface area is 119 Å². The van der Waals surface area contributed by atoms with E-state index in [-0.39, 0.29) is 0 Å². The van der Waals surface area contributed by atoms with Crippen molar-refractivity contribution in [2.75, 3.05) is 18.0 Å². The van der Waals surface area contributed by atoms with Crippen molar-refractivity contribution in [2.24, 2.45) is 5.73 Å². The van der Waals surface area contributed by atoms with Crippen LogP contribution < -0.4 is 10.6 Å². The van der Waals surface area contributed by atoms with E-state index in [2.05, 4.69) is 43.0 Å². The van der Waals surface area contributed by atoms with E-state index < -0.39 is 0 Å². The molecule has 0 saturated carbocycles. The van der Waals surface area contributed by atoms with Crippen LogP contribution in [0.1, 0.15) is 57.9 Å². The number of rotatable bonds is 10. The SMILES string of the molecule is CCCCCCCCN(CC)c1ccc(CN)cc1. The predicted molar refractivity (Wildman–Crippen MR) is 85.6 cm³/mol. The van der Waals surface area contributed by atoms with E-state index in [0.29, 0.717) is 6.54 Å². The van der Waals surface area contributed by atoms with E-state index in [9.17, 15) is 0 Å². The normalized spacial score (nSPS) is 10.7. The van der Waals surface area contributed by atoms with Crippen molar-refractivity contribution in [3.05, 3.63) is 29.8 Å². The summed E-state index contributed by atoms with van der Waals surface area (Å²) in [5.41, 5.74) is 8.17. The largest absolute Gasteiger partial charge is 0.372 e. The highest BCUT2D eigenvalue weighted by Crippen LogP contribution is 2.16. The molecule has 0 atom stereocenters. The fraction of sp³-hybridized carbons (Fsp3) is 0.647. The van der Waals surface area contributed by atoms with Crippen LogP contribution in [0, 0.1) is 0 Å². The summed E-state index contributed by atoms with van der Waals surface area (Å²) in [5.74, 6) is 0. The lowest BCUT2D eigenvalue weighted by Crippen LogP contribution is -2.23. The Bertz CT molecular complexity index is 319. The van der Waals surface area contributed by atoms with Gasteiger partial charge in [0.15, 0.2) is 0 Å². The fourth-order valence-electron chi connectivity index (χ4n) is 2.40. The Morgan fingerprint density at radius 1 is 0.895 bits per heavy atom. The smallest absolute Gasteiger partial charge is 0.0366 e. The maximum atomic E-state index is 5.63. The molecule has 0 saturated heterocycles. The number of unbranched alkanes of at least 4 members (excludes halogenated alkanes) is 5. The van der Waals surface area contributed by atoms with Gasteiger partial charge in [-0.3, -0.25) is 0 Å². The minimum atomic E-state index is 0.629. The third kappa shape index (κ3) is 6.11. The highest BCUT2D eigenvalue weighted by Gasteiger charge is 2.03. The first-order chi connectivity index (χ1) is 9.31. The number of hydrogen-bond acceptors (Lipinski definition) is 2. The molecule has 1 aromatic rings. The van der Waals surface area contributed by atoms with Gasteiger partial charge in [0.1, 0.15) is 0 Å². The molecule has 0 fully saturated rings. The van der Waals surface area contributed by atoms with Gasteiger partial charge in [0.05, 0.1) is 0 Å². The van der Waals surface area contributed by atoms with Gasteiger partial charge in [-0.25, -0.2) is 0 Å². The summed E-state index contributed by atoms with van der Waals surface area (Å²) in [6.07, 6.45) is 8.16. The molecule has 1 rings (SSSR count). The van der Waals surface area contributed by atoms with Crippen LogP contribution in [0.5, 0.6) is 0 Å². The summed E-state index contributed by atoms with van der Waals surface area (Å²) in [4.78, 5) is 2.46. The molecule has 0 aromatic heterocycles. The Morgan fingerprint density at radius 2 is 1.53 bits per heavy atom. The van der Waals surface area contributed by atoms with Crippen molar-refractivity contribution in [2.45, 2.75) is 58.9 Å². The second kappa shape index (κ2) is 9.85. The molecule has 0 radical (unpaired) electrons. The van der Waals surface area contributed by atoms with Gasteiger partial charge in [0, 0.05) is 25.3 Å². The van der Waals surface area contributed by atoms with Crippen molar-refractivity contribution in [3.63, 3.8) is 0 Å². The number of nitrogens with zero attached hydrogens (tertiary/aromatic N) is 1. The first-order valence-electron chi connectivity index (χ1n) is 7.85. The minimum Gasteiger partial charge on any atom is -0.372 e. The first-order valence-corrected chi connectivity index (χ1v) is 7.85. The number of hydrogen-bond donors (Lipinski definition) is 1. The Hall–Kier alpha value is -1.02. The monoisotopic (exact) mass is 262 g/mol. The third-order valence-electron chi connectivity index (χ3n) is 3.70. The summed E-state index contributed by atoms with van der Waals surface area (Å²) < 4.78 is 0. The molecule has 2 heteroatoms. The van der Waals surface area contributed by atoms with E-state index >= 15 is 0 Å². The topological polar surface area (TPSA) is 29.3 Å². The van der Waals surface area contributed by atoms with E-state index in [1.54, 1.807) is 0 Å².